The lowest BCUT2D eigenvalue weighted by Gasteiger charge is -2.39. The van der Waals surface area contributed by atoms with E-state index < -0.39 is 32.6 Å². The zero-order valence-corrected chi connectivity index (χ0v) is 20.9. The maximum Gasteiger partial charge on any atom is 0.291 e. The smallest absolute Gasteiger partial charge is 0.291 e. The Bertz CT molecular complexity index is 1350. The van der Waals surface area contributed by atoms with Crippen molar-refractivity contribution in [1.82, 2.24) is 24.3 Å². The topological polar surface area (TPSA) is 122 Å². The van der Waals surface area contributed by atoms with Crippen molar-refractivity contribution in [2.75, 3.05) is 31.7 Å². The van der Waals surface area contributed by atoms with E-state index in [9.17, 15) is 22.3 Å². The van der Waals surface area contributed by atoms with Crippen molar-refractivity contribution in [2.24, 2.45) is 0 Å². The first-order valence-electron chi connectivity index (χ1n) is 11.2. The largest absolute Gasteiger partial charge is 0.387 e. The number of nitrogens with zero attached hydrogens (tertiary/aromatic N) is 5. The number of imidazole rings is 1. The number of aliphatic hydroxyl groups is 1. The Labute approximate surface area is 205 Å². The van der Waals surface area contributed by atoms with Crippen molar-refractivity contribution in [1.29, 1.82) is 0 Å². The van der Waals surface area contributed by atoms with Crippen LogP contribution in [0.15, 0.2) is 23.4 Å². The number of nitrogens with one attached hydrogen (secondary N) is 1. The molecule has 190 valence electrons. The number of fused-ring (bicyclic) bond motifs is 1. The first kappa shape index (κ1) is 24.4. The second-order valence-corrected chi connectivity index (χ2v) is 12.1. The first-order chi connectivity index (χ1) is 16.5. The summed E-state index contributed by atoms with van der Waals surface area (Å²) in [6, 6.07) is 1.60. The summed E-state index contributed by atoms with van der Waals surface area (Å²) in [5, 5.41) is 17.8. The lowest BCUT2D eigenvalue weighted by molar-refractivity contribution is -0.0471. The summed E-state index contributed by atoms with van der Waals surface area (Å²) < 4.78 is 62.2. The third-order valence-electron chi connectivity index (χ3n) is 6.55. The van der Waals surface area contributed by atoms with Crippen molar-refractivity contribution in [3.8, 4) is 10.8 Å². The van der Waals surface area contributed by atoms with Crippen LogP contribution in [-0.4, -0.2) is 71.1 Å². The van der Waals surface area contributed by atoms with E-state index in [-0.39, 0.29) is 22.3 Å². The van der Waals surface area contributed by atoms with Gasteiger partial charge in [0, 0.05) is 31.9 Å². The van der Waals surface area contributed by atoms with Crippen molar-refractivity contribution in [3.05, 3.63) is 23.5 Å². The van der Waals surface area contributed by atoms with Gasteiger partial charge in [-0.25, -0.2) is 26.9 Å². The Morgan fingerprint density at radius 2 is 1.97 bits per heavy atom. The van der Waals surface area contributed by atoms with Crippen LogP contribution in [0.3, 0.4) is 0 Å². The Morgan fingerprint density at radius 3 is 2.57 bits per heavy atom. The Balaban J connectivity index is 1.59. The second-order valence-electron chi connectivity index (χ2n) is 9.45. The standard InChI is InChI=1S/C21H26F2N6O4S2/c1-20(3-4-20)27-35(31,32)13-9-14(28-7-5-21(30,6-8-28)12-33-2)15-10-24-17(29(15)11-13)19-26-25-18(34-19)16(22)23/h9-11,16,27,30H,3-8,12H2,1-2H3. The SMILES string of the molecule is COCC1(O)CCN(c2cc(S(=O)(=O)NC3(C)CC3)cn3c(-c4nnc(C(F)F)s4)ncc23)CC1. The zero-order valence-electron chi connectivity index (χ0n) is 19.2. The molecule has 0 unspecified atom stereocenters. The Kier molecular flexibility index (Phi) is 6.07. The highest BCUT2D eigenvalue weighted by Crippen LogP contribution is 2.38. The zero-order chi connectivity index (χ0) is 25.0. The van der Waals surface area contributed by atoms with E-state index in [2.05, 4.69) is 19.9 Å². The summed E-state index contributed by atoms with van der Waals surface area (Å²) in [7, 11) is -2.33. The van der Waals surface area contributed by atoms with Gasteiger partial charge < -0.3 is 14.7 Å². The van der Waals surface area contributed by atoms with E-state index in [1.807, 2.05) is 11.8 Å². The maximum absolute atomic E-state index is 13.3. The molecule has 4 heterocycles. The van der Waals surface area contributed by atoms with Gasteiger partial charge in [-0.3, -0.25) is 4.40 Å². The van der Waals surface area contributed by atoms with Gasteiger partial charge in [-0.05, 0) is 38.7 Å². The fourth-order valence-electron chi connectivity index (χ4n) is 4.28. The lowest BCUT2D eigenvalue weighted by atomic mass is 9.92. The molecule has 3 aromatic heterocycles. The summed E-state index contributed by atoms with van der Waals surface area (Å²) in [5.74, 6) is 0.230. The molecule has 2 N–H and O–H groups in total. The molecule has 0 radical (unpaired) electrons. The van der Waals surface area contributed by atoms with Crippen LogP contribution in [0, 0.1) is 0 Å². The summed E-state index contributed by atoms with van der Waals surface area (Å²) in [5.41, 5.74) is -0.205. The van der Waals surface area contributed by atoms with E-state index in [4.69, 9.17) is 4.74 Å². The third-order valence-corrected chi connectivity index (χ3v) is 9.08. The molecule has 1 aliphatic heterocycles. The molecular formula is C21H26F2N6O4S2. The Hall–Kier alpha value is -2.26. The average molecular weight is 529 g/mol. The molecule has 1 aliphatic carbocycles. The minimum absolute atomic E-state index is 0.0312. The summed E-state index contributed by atoms with van der Waals surface area (Å²) in [6.07, 6.45) is 2.62. The molecule has 0 aromatic carbocycles. The molecule has 5 rings (SSSR count). The van der Waals surface area contributed by atoms with Gasteiger partial charge in [0.05, 0.1) is 29.6 Å². The van der Waals surface area contributed by atoms with Crippen LogP contribution in [0.1, 0.15) is 44.0 Å². The number of alkyl halides is 2. The molecule has 2 aliphatic rings. The number of rotatable bonds is 8. The molecule has 10 nitrogen and oxygen atoms in total. The number of hydrogen-bond donors (Lipinski definition) is 2. The van der Waals surface area contributed by atoms with E-state index in [1.165, 1.54) is 13.3 Å². The summed E-state index contributed by atoms with van der Waals surface area (Å²) in [4.78, 5) is 6.40. The van der Waals surface area contributed by atoms with Crippen molar-refractivity contribution < 1.29 is 27.0 Å². The number of halogens is 2. The molecule has 0 amide bonds. The number of ether oxygens (including phenoxy) is 1. The molecule has 2 fully saturated rings. The van der Waals surface area contributed by atoms with Crippen LogP contribution in [0.2, 0.25) is 0 Å². The first-order valence-corrected chi connectivity index (χ1v) is 13.5. The third kappa shape index (κ3) is 4.77. The minimum Gasteiger partial charge on any atom is -0.387 e. The number of anilines is 1. The summed E-state index contributed by atoms with van der Waals surface area (Å²) >= 11 is 0.712. The van der Waals surface area contributed by atoms with Gasteiger partial charge >= 0.3 is 0 Å². The number of pyridine rings is 1. The van der Waals surface area contributed by atoms with Gasteiger partial charge in [0.2, 0.25) is 10.0 Å². The van der Waals surface area contributed by atoms with Crippen LogP contribution in [-0.2, 0) is 14.8 Å². The van der Waals surface area contributed by atoms with E-state index >= 15 is 0 Å². The summed E-state index contributed by atoms with van der Waals surface area (Å²) in [6.45, 7) is 3.01. The normalized spacial score (nSPS) is 19.5. The van der Waals surface area contributed by atoms with Crippen molar-refractivity contribution in [2.45, 2.75) is 55.1 Å². The number of methoxy groups -OCH3 is 1. The molecule has 1 saturated heterocycles. The fourth-order valence-corrected chi connectivity index (χ4v) is 6.45. The molecule has 0 atom stereocenters. The average Bonchev–Trinajstić information content (AvgIpc) is 3.18. The highest BCUT2D eigenvalue weighted by atomic mass is 32.2. The number of hydrogen-bond acceptors (Lipinski definition) is 9. The van der Waals surface area contributed by atoms with Gasteiger partial charge in [0.15, 0.2) is 15.8 Å². The van der Waals surface area contributed by atoms with Gasteiger partial charge in [-0.2, -0.15) is 0 Å². The predicted molar refractivity (Wildman–Crippen MR) is 125 cm³/mol. The van der Waals surface area contributed by atoms with Crippen LogP contribution in [0.4, 0.5) is 14.5 Å². The quantitative estimate of drug-likeness (QED) is 0.458. The van der Waals surface area contributed by atoms with Gasteiger partial charge in [-0.1, -0.05) is 11.3 Å². The number of piperidine rings is 1. The highest BCUT2D eigenvalue weighted by Gasteiger charge is 2.42. The molecule has 14 heteroatoms. The maximum atomic E-state index is 13.3. The van der Waals surface area contributed by atoms with E-state index in [0.717, 1.165) is 12.8 Å². The molecular weight excluding hydrogens is 502 g/mol. The van der Waals surface area contributed by atoms with E-state index in [1.54, 1.807) is 16.7 Å². The predicted octanol–water partition coefficient (Wildman–Crippen LogP) is 2.60. The van der Waals surface area contributed by atoms with Crippen LogP contribution >= 0.6 is 11.3 Å². The van der Waals surface area contributed by atoms with Gasteiger partial charge in [-0.15, -0.1) is 10.2 Å². The fraction of sp³-hybridized carbons (Fsp3) is 0.571. The van der Waals surface area contributed by atoms with Crippen LogP contribution in [0.25, 0.3) is 16.3 Å². The molecule has 3 aromatic rings. The van der Waals surface area contributed by atoms with Crippen molar-refractivity contribution >= 4 is 32.6 Å². The molecule has 0 bridgehead atoms. The lowest BCUT2D eigenvalue weighted by Crippen LogP contribution is -2.47. The van der Waals surface area contributed by atoms with Gasteiger partial charge in [0.25, 0.3) is 6.43 Å². The second kappa shape index (κ2) is 8.69. The van der Waals surface area contributed by atoms with Crippen molar-refractivity contribution in [3.63, 3.8) is 0 Å². The number of sulfonamides is 1. The van der Waals surface area contributed by atoms with Gasteiger partial charge in [0.1, 0.15) is 4.90 Å². The Morgan fingerprint density at radius 1 is 1.26 bits per heavy atom. The molecule has 0 spiro atoms. The van der Waals surface area contributed by atoms with Crippen LogP contribution in [0.5, 0.6) is 0 Å². The minimum atomic E-state index is -3.87. The van der Waals surface area contributed by atoms with E-state index in [0.29, 0.717) is 48.5 Å². The highest BCUT2D eigenvalue weighted by molar-refractivity contribution is 7.89. The number of aromatic nitrogens is 4. The van der Waals surface area contributed by atoms with Crippen LogP contribution < -0.4 is 9.62 Å². The molecule has 35 heavy (non-hydrogen) atoms. The monoisotopic (exact) mass is 528 g/mol. The molecule has 1 saturated carbocycles.